The van der Waals surface area contributed by atoms with Gasteiger partial charge in [-0.25, -0.2) is 0 Å². The molecule has 1 saturated carbocycles. The minimum atomic E-state index is -0.294. The van der Waals surface area contributed by atoms with Crippen LogP contribution in [-0.2, 0) is 0 Å². The molecule has 1 fully saturated rings. The number of hydrogen-bond acceptors (Lipinski definition) is 2. The smallest absolute Gasteiger partial charge is 0.0793 e. The molecule has 17 heavy (non-hydrogen) atoms. The Kier molecular flexibility index (Phi) is 4.06. The second-order valence-electron chi connectivity index (χ2n) is 5.39. The molecule has 1 aromatic carbocycles. The summed E-state index contributed by atoms with van der Waals surface area (Å²) in [6.45, 7) is 0. The molecule has 2 rings (SSSR count). The van der Waals surface area contributed by atoms with Gasteiger partial charge in [-0.3, -0.25) is 0 Å². The monoisotopic (exact) mass is 233 g/mol. The lowest BCUT2D eigenvalue weighted by molar-refractivity contribution is 0.145. The first kappa shape index (κ1) is 12.4. The molecule has 1 aliphatic carbocycles. The van der Waals surface area contributed by atoms with Gasteiger partial charge < -0.3 is 10.0 Å². The number of rotatable bonds is 4. The average Bonchev–Trinajstić information content (AvgIpc) is 2.82. The van der Waals surface area contributed by atoms with Gasteiger partial charge in [0.05, 0.1) is 6.10 Å². The van der Waals surface area contributed by atoms with E-state index in [1.165, 1.54) is 25.7 Å². The van der Waals surface area contributed by atoms with Crippen LogP contribution in [0.2, 0.25) is 0 Å². The van der Waals surface area contributed by atoms with Gasteiger partial charge >= 0.3 is 0 Å². The first-order chi connectivity index (χ1) is 8.16. The van der Waals surface area contributed by atoms with Crippen molar-refractivity contribution in [3.63, 3.8) is 0 Å². The van der Waals surface area contributed by atoms with E-state index in [0.29, 0.717) is 0 Å². The number of benzene rings is 1. The van der Waals surface area contributed by atoms with Crippen LogP contribution in [0.1, 0.15) is 43.8 Å². The highest BCUT2D eigenvalue weighted by Gasteiger charge is 2.19. The summed E-state index contributed by atoms with van der Waals surface area (Å²) in [4.78, 5) is 2.08. The summed E-state index contributed by atoms with van der Waals surface area (Å²) >= 11 is 0. The van der Waals surface area contributed by atoms with Crippen LogP contribution in [0, 0.1) is 5.92 Å². The topological polar surface area (TPSA) is 23.5 Å². The molecule has 0 aromatic heterocycles. The van der Waals surface area contributed by atoms with Gasteiger partial charge in [0.25, 0.3) is 0 Å². The Bertz CT molecular complexity index is 356. The fraction of sp³-hybridized carbons (Fsp3) is 0.600. The van der Waals surface area contributed by atoms with E-state index in [-0.39, 0.29) is 6.10 Å². The fourth-order valence-corrected chi connectivity index (χ4v) is 2.71. The zero-order valence-electron chi connectivity index (χ0n) is 10.9. The van der Waals surface area contributed by atoms with Crippen molar-refractivity contribution in [3.05, 3.63) is 29.8 Å². The summed E-state index contributed by atoms with van der Waals surface area (Å²) in [5.41, 5.74) is 2.22. The van der Waals surface area contributed by atoms with Crippen LogP contribution in [-0.4, -0.2) is 19.2 Å². The first-order valence-corrected chi connectivity index (χ1v) is 6.62. The maximum absolute atomic E-state index is 10.3. The molecule has 2 nitrogen and oxygen atoms in total. The van der Waals surface area contributed by atoms with Gasteiger partial charge in [-0.05, 0) is 30.0 Å². The number of aliphatic hydroxyl groups is 1. The zero-order chi connectivity index (χ0) is 12.3. The molecule has 0 radical (unpaired) electrons. The molecule has 1 aliphatic rings. The maximum atomic E-state index is 10.3. The Morgan fingerprint density at radius 2 is 2.00 bits per heavy atom. The van der Waals surface area contributed by atoms with Crippen LogP contribution in [0.25, 0.3) is 0 Å². The van der Waals surface area contributed by atoms with E-state index in [1.807, 2.05) is 26.2 Å². The Labute approximate surface area is 104 Å². The molecular weight excluding hydrogens is 210 g/mol. The quantitative estimate of drug-likeness (QED) is 0.862. The van der Waals surface area contributed by atoms with Gasteiger partial charge in [0.2, 0.25) is 0 Å². The third-order valence-electron chi connectivity index (χ3n) is 3.80. The van der Waals surface area contributed by atoms with Crippen LogP contribution in [0.3, 0.4) is 0 Å². The minimum Gasteiger partial charge on any atom is -0.388 e. The number of aliphatic hydroxyl groups excluding tert-OH is 1. The van der Waals surface area contributed by atoms with Crippen LogP contribution in [0.15, 0.2) is 24.3 Å². The fourth-order valence-electron chi connectivity index (χ4n) is 2.71. The van der Waals surface area contributed by atoms with Crippen LogP contribution in [0.4, 0.5) is 5.69 Å². The van der Waals surface area contributed by atoms with Crippen molar-refractivity contribution in [1.82, 2.24) is 0 Å². The van der Waals surface area contributed by atoms with Crippen molar-refractivity contribution in [3.8, 4) is 0 Å². The number of nitrogens with zero attached hydrogens (tertiary/aromatic N) is 1. The van der Waals surface area contributed by atoms with Crippen LogP contribution < -0.4 is 4.90 Å². The maximum Gasteiger partial charge on any atom is 0.0793 e. The molecule has 0 heterocycles. The van der Waals surface area contributed by atoms with E-state index in [1.54, 1.807) is 0 Å². The number of hydrogen-bond donors (Lipinski definition) is 1. The summed E-state index contributed by atoms with van der Waals surface area (Å²) < 4.78 is 0. The molecule has 2 heteroatoms. The van der Waals surface area contributed by atoms with E-state index in [2.05, 4.69) is 17.0 Å². The summed E-state index contributed by atoms with van der Waals surface area (Å²) in [5, 5.41) is 10.3. The molecule has 0 amide bonds. The summed E-state index contributed by atoms with van der Waals surface area (Å²) in [6, 6.07) is 8.24. The van der Waals surface area contributed by atoms with Crippen molar-refractivity contribution in [2.75, 3.05) is 19.0 Å². The van der Waals surface area contributed by atoms with Gasteiger partial charge in [0.1, 0.15) is 0 Å². The molecule has 0 saturated heterocycles. The van der Waals surface area contributed by atoms with Crippen LogP contribution >= 0.6 is 0 Å². The molecule has 1 atom stereocenters. The van der Waals surface area contributed by atoms with Crippen molar-refractivity contribution in [2.24, 2.45) is 5.92 Å². The summed E-state index contributed by atoms with van der Waals surface area (Å²) in [6.07, 6.45) is 5.91. The Morgan fingerprint density at radius 3 is 2.65 bits per heavy atom. The molecule has 0 aliphatic heterocycles. The van der Waals surface area contributed by atoms with Gasteiger partial charge in [0.15, 0.2) is 0 Å². The highest BCUT2D eigenvalue weighted by Crippen LogP contribution is 2.33. The second kappa shape index (κ2) is 5.54. The van der Waals surface area contributed by atoms with E-state index in [0.717, 1.165) is 23.6 Å². The molecule has 94 valence electrons. The second-order valence-corrected chi connectivity index (χ2v) is 5.39. The SMILES string of the molecule is CN(C)c1cccc(C(O)CC2CCCC2)c1. The van der Waals surface area contributed by atoms with Crippen molar-refractivity contribution < 1.29 is 5.11 Å². The molecule has 1 unspecified atom stereocenters. The molecule has 1 N–H and O–H groups in total. The highest BCUT2D eigenvalue weighted by molar-refractivity contribution is 5.47. The average molecular weight is 233 g/mol. The minimum absolute atomic E-state index is 0.294. The lowest BCUT2D eigenvalue weighted by Gasteiger charge is -2.18. The lowest BCUT2D eigenvalue weighted by Crippen LogP contribution is -2.10. The predicted molar refractivity (Wildman–Crippen MR) is 72.3 cm³/mol. The predicted octanol–water partition coefficient (Wildman–Crippen LogP) is 3.37. The Hall–Kier alpha value is -1.02. The Morgan fingerprint density at radius 1 is 1.29 bits per heavy atom. The first-order valence-electron chi connectivity index (χ1n) is 6.62. The van der Waals surface area contributed by atoms with E-state index >= 15 is 0 Å². The lowest BCUT2D eigenvalue weighted by atomic mass is 9.95. The van der Waals surface area contributed by atoms with Gasteiger partial charge in [-0.2, -0.15) is 0 Å². The number of anilines is 1. The third kappa shape index (κ3) is 3.22. The normalized spacial score (nSPS) is 18.3. The molecule has 0 spiro atoms. The van der Waals surface area contributed by atoms with E-state index < -0.39 is 0 Å². The molecular formula is C15H23NO. The van der Waals surface area contributed by atoms with Gasteiger partial charge in [-0.15, -0.1) is 0 Å². The highest BCUT2D eigenvalue weighted by atomic mass is 16.3. The Balaban J connectivity index is 2.02. The van der Waals surface area contributed by atoms with Crippen molar-refractivity contribution in [2.45, 2.75) is 38.2 Å². The zero-order valence-corrected chi connectivity index (χ0v) is 10.9. The molecule has 1 aromatic rings. The van der Waals surface area contributed by atoms with Crippen molar-refractivity contribution in [1.29, 1.82) is 0 Å². The summed E-state index contributed by atoms with van der Waals surface area (Å²) in [7, 11) is 4.06. The molecule has 0 bridgehead atoms. The van der Waals surface area contributed by atoms with Gasteiger partial charge in [0, 0.05) is 19.8 Å². The summed E-state index contributed by atoms with van der Waals surface area (Å²) in [5.74, 6) is 0.730. The van der Waals surface area contributed by atoms with E-state index in [9.17, 15) is 5.11 Å². The van der Waals surface area contributed by atoms with E-state index in [4.69, 9.17) is 0 Å². The largest absolute Gasteiger partial charge is 0.388 e. The van der Waals surface area contributed by atoms with Crippen LogP contribution in [0.5, 0.6) is 0 Å². The third-order valence-corrected chi connectivity index (χ3v) is 3.80. The van der Waals surface area contributed by atoms with Gasteiger partial charge in [-0.1, -0.05) is 37.8 Å². The standard InChI is InChI=1S/C15H23NO/c1-16(2)14-9-5-8-13(11-14)15(17)10-12-6-3-4-7-12/h5,8-9,11-12,15,17H,3-4,6-7,10H2,1-2H3. The van der Waals surface area contributed by atoms with Crippen molar-refractivity contribution >= 4 is 5.69 Å².